The van der Waals surface area contributed by atoms with E-state index >= 15 is 0 Å². The molecule has 1 nitrogen and oxygen atoms in total. The molecule has 2 rings (SSSR count). The van der Waals surface area contributed by atoms with Gasteiger partial charge in [-0.05, 0) is 36.2 Å². The lowest BCUT2D eigenvalue weighted by Gasteiger charge is -2.22. The highest BCUT2D eigenvalue weighted by Gasteiger charge is 2.19. The van der Waals surface area contributed by atoms with Crippen molar-refractivity contribution >= 4 is 39.1 Å². The highest BCUT2D eigenvalue weighted by molar-refractivity contribution is 9.10. The molecule has 2 aromatic carbocycles. The highest BCUT2D eigenvalue weighted by atomic mass is 79.9. The van der Waals surface area contributed by atoms with Gasteiger partial charge in [-0.15, -0.1) is 0 Å². The van der Waals surface area contributed by atoms with Crippen LogP contribution >= 0.6 is 39.1 Å². The fourth-order valence-corrected chi connectivity index (χ4v) is 3.06. The van der Waals surface area contributed by atoms with Crippen molar-refractivity contribution in [1.29, 1.82) is 0 Å². The normalized spacial score (nSPS) is 12.4. The van der Waals surface area contributed by atoms with Crippen LogP contribution in [0.4, 0.5) is 0 Å². The summed E-state index contributed by atoms with van der Waals surface area (Å²) in [6.45, 7) is 3.05. The maximum atomic E-state index is 6.38. The lowest BCUT2D eigenvalue weighted by Crippen LogP contribution is -2.23. The van der Waals surface area contributed by atoms with E-state index < -0.39 is 0 Å². The van der Waals surface area contributed by atoms with Gasteiger partial charge in [0.25, 0.3) is 0 Å². The fraction of sp³-hybridized carbons (Fsp3) is 0.250. The van der Waals surface area contributed by atoms with Crippen molar-refractivity contribution in [3.05, 3.63) is 68.1 Å². The van der Waals surface area contributed by atoms with E-state index in [1.54, 1.807) is 0 Å². The van der Waals surface area contributed by atoms with Crippen molar-refractivity contribution in [2.45, 2.75) is 19.4 Å². The second-order valence-electron chi connectivity index (χ2n) is 4.55. The van der Waals surface area contributed by atoms with Gasteiger partial charge in [0, 0.05) is 4.47 Å². The molecule has 0 aliphatic carbocycles. The molecular weight excluding hydrogens is 357 g/mol. The van der Waals surface area contributed by atoms with E-state index in [-0.39, 0.29) is 6.04 Å². The van der Waals surface area contributed by atoms with Crippen LogP contribution in [0.25, 0.3) is 0 Å². The highest BCUT2D eigenvalue weighted by Crippen LogP contribution is 2.35. The van der Waals surface area contributed by atoms with Crippen LogP contribution in [0.5, 0.6) is 0 Å². The number of nitrogens with one attached hydrogen (secondary N) is 1. The van der Waals surface area contributed by atoms with E-state index in [0.717, 1.165) is 28.6 Å². The Labute approximate surface area is 138 Å². The van der Waals surface area contributed by atoms with Gasteiger partial charge < -0.3 is 5.32 Å². The Morgan fingerprint density at radius 2 is 1.75 bits per heavy atom. The third-order valence-corrected chi connectivity index (χ3v) is 4.66. The Hall–Kier alpha value is -0.540. The average molecular weight is 373 g/mol. The maximum absolute atomic E-state index is 6.38. The summed E-state index contributed by atoms with van der Waals surface area (Å²) < 4.78 is 1.06. The van der Waals surface area contributed by atoms with Crippen LogP contribution in [0.1, 0.15) is 30.5 Å². The molecule has 0 fully saturated rings. The fourth-order valence-electron chi connectivity index (χ4n) is 2.13. The summed E-state index contributed by atoms with van der Waals surface area (Å²) in [5.74, 6) is 0. The van der Waals surface area contributed by atoms with Crippen molar-refractivity contribution in [3.8, 4) is 0 Å². The number of hydrogen-bond donors (Lipinski definition) is 1. The molecule has 0 radical (unpaired) electrons. The first-order chi connectivity index (χ1) is 9.65. The molecule has 0 saturated carbocycles. The van der Waals surface area contributed by atoms with Crippen molar-refractivity contribution in [2.24, 2.45) is 0 Å². The molecule has 1 unspecified atom stereocenters. The number of rotatable bonds is 5. The Morgan fingerprint density at radius 3 is 2.45 bits per heavy atom. The largest absolute Gasteiger partial charge is 0.306 e. The summed E-state index contributed by atoms with van der Waals surface area (Å²) >= 11 is 16.1. The summed E-state index contributed by atoms with van der Waals surface area (Å²) in [6, 6.07) is 13.9. The van der Waals surface area contributed by atoms with Gasteiger partial charge >= 0.3 is 0 Å². The van der Waals surface area contributed by atoms with E-state index in [4.69, 9.17) is 23.2 Å². The van der Waals surface area contributed by atoms with E-state index in [1.807, 2.05) is 36.4 Å². The SMILES string of the molecule is CCCNC(c1ccccc1Br)c1cccc(Cl)c1Cl. The van der Waals surface area contributed by atoms with E-state index in [1.165, 1.54) is 0 Å². The third kappa shape index (κ3) is 3.56. The van der Waals surface area contributed by atoms with Gasteiger partial charge in [0.15, 0.2) is 0 Å². The zero-order valence-electron chi connectivity index (χ0n) is 11.2. The lowest BCUT2D eigenvalue weighted by molar-refractivity contribution is 0.597. The minimum atomic E-state index is 0.0247. The van der Waals surface area contributed by atoms with Crippen molar-refractivity contribution < 1.29 is 0 Å². The summed E-state index contributed by atoms with van der Waals surface area (Å²) in [4.78, 5) is 0. The van der Waals surface area contributed by atoms with E-state index in [9.17, 15) is 0 Å². The predicted octanol–water partition coefficient (Wildman–Crippen LogP) is 5.84. The van der Waals surface area contributed by atoms with Gasteiger partial charge in [-0.25, -0.2) is 0 Å². The summed E-state index contributed by atoms with van der Waals surface area (Å²) in [6.07, 6.45) is 1.05. The second kappa shape index (κ2) is 7.46. The molecule has 0 aliphatic rings. The van der Waals surface area contributed by atoms with Crippen LogP contribution in [-0.2, 0) is 0 Å². The van der Waals surface area contributed by atoms with Gasteiger partial charge in [0.2, 0.25) is 0 Å². The van der Waals surface area contributed by atoms with Crippen LogP contribution in [0.15, 0.2) is 46.9 Å². The van der Waals surface area contributed by atoms with E-state index in [2.05, 4.69) is 34.2 Å². The Morgan fingerprint density at radius 1 is 1.05 bits per heavy atom. The van der Waals surface area contributed by atoms with Gasteiger partial charge in [0.05, 0.1) is 16.1 Å². The molecule has 20 heavy (non-hydrogen) atoms. The van der Waals surface area contributed by atoms with Crippen molar-refractivity contribution in [1.82, 2.24) is 5.32 Å². The first kappa shape index (κ1) is 15.8. The standard InChI is InChI=1S/C16H16BrCl2N/c1-2-10-20-16(11-6-3-4-8-13(11)17)12-7-5-9-14(18)15(12)19/h3-9,16,20H,2,10H2,1H3. The topological polar surface area (TPSA) is 12.0 Å². The zero-order chi connectivity index (χ0) is 14.5. The van der Waals surface area contributed by atoms with Gasteiger partial charge in [-0.3, -0.25) is 0 Å². The number of benzene rings is 2. The van der Waals surface area contributed by atoms with Crippen LogP contribution in [0.3, 0.4) is 0 Å². The molecule has 4 heteroatoms. The molecule has 0 aromatic heterocycles. The monoisotopic (exact) mass is 371 g/mol. The molecule has 0 spiro atoms. The summed E-state index contributed by atoms with van der Waals surface area (Å²) in [7, 11) is 0. The first-order valence-electron chi connectivity index (χ1n) is 6.56. The van der Waals surface area contributed by atoms with E-state index in [0.29, 0.717) is 10.0 Å². The second-order valence-corrected chi connectivity index (χ2v) is 6.19. The molecule has 0 bridgehead atoms. The third-order valence-electron chi connectivity index (χ3n) is 3.11. The zero-order valence-corrected chi connectivity index (χ0v) is 14.3. The molecule has 1 atom stereocenters. The molecule has 0 aliphatic heterocycles. The molecule has 1 N–H and O–H groups in total. The smallest absolute Gasteiger partial charge is 0.0643 e. The van der Waals surface area contributed by atoms with Crippen LogP contribution in [0, 0.1) is 0 Å². The van der Waals surface area contributed by atoms with Gasteiger partial charge in [0.1, 0.15) is 0 Å². The lowest BCUT2D eigenvalue weighted by atomic mass is 9.98. The molecular formula is C16H16BrCl2N. The first-order valence-corrected chi connectivity index (χ1v) is 8.11. The average Bonchev–Trinajstić information content (AvgIpc) is 2.45. The molecule has 2 aromatic rings. The van der Waals surface area contributed by atoms with Crippen LogP contribution < -0.4 is 5.32 Å². The molecule has 0 heterocycles. The Balaban J connectivity index is 2.47. The molecule has 0 saturated heterocycles. The van der Waals surface area contributed by atoms with Gasteiger partial charge in [-0.2, -0.15) is 0 Å². The molecule has 106 valence electrons. The van der Waals surface area contributed by atoms with Crippen molar-refractivity contribution in [2.75, 3.05) is 6.54 Å². The maximum Gasteiger partial charge on any atom is 0.0643 e. The quantitative estimate of drug-likeness (QED) is 0.694. The predicted molar refractivity (Wildman–Crippen MR) is 90.7 cm³/mol. The Bertz CT molecular complexity index is 586. The van der Waals surface area contributed by atoms with Crippen LogP contribution in [-0.4, -0.2) is 6.54 Å². The van der Waals surface area contributed by atoms with Gasteiger partial charge in [-0.1, -0.05) is 76.4 Å². The van der Waals surface area contributed by atoms with Crippen molar-refractivity contribution in [3.63, 3.8) is 0 Å². The minimum Gasteiger partial charge on any atom is -0.306 e. The Kier molecular flexibility index (Phi) is 5.91. The summed E-state index contributed by atoms with van der Waals surface area (Å²) in [5.41, 5.74) is 2.16. The van der Waals surface area contributed by atoms with Crippen LogP contribution in [0.2, 0.25) is 10.0 Å². The summed E-state index contributed by atoms with van der Waals surface area (Å²) in [5, 5.41) is 4.73. The molecule has 0 amide bonds. The number of hydrogen-bond acceptors (Lipinski definition) is 1. The minimum absolute atomic E-state index is 0.0247. The number of halogens is 3.